The van der Waals surface area contributed by atoms with Gasteiger partial charge in [0.25, 0.3) is 5.91 Å². The van der Waals surface area contributed by atoms with Gasteiger partial charge in [0.05, 0.1) is 11.9 Å². The molecule has 0 unspecified atom stereocenters. The Hall–Kier alpha value is -3.09. The molecule has 0 aliphatic heterocycles. The number of rotatable bonds is 4. The van der Waals surface area contributed by atoms with Gasteiger partial charge in [0.15, 0.2) is 0 Å². The molecule has 0 radical (unpaired) electrons. The van der Waals surface area contributed by atoms with E-state index in [2.05, 4.69) is 15.4 Å². The van der Waals surface area contributed by atoms with Gasteiger partial charge in [-0.25, -0.2) is 0 Å². The van der Waals surface area contributed by atoms with E-state index >= 15 is 0 Å². The summed E-state index contributed by atoms with van der Waals surface area (Å²) in [5.74, 6) is -0.731. The number of aromatic amines is 1. The lowest BCUT2D eigenvalue weighted by atomic mass is 10.1. The third-order valence-electron chi connectivity index (χ3n) is 3.02. The Morgan fingerprint density at radius 2 is 2.19 bits per heavy atom. The first-order valence-electron chi connectivity index (χ1n) is 6.31. The lowest BCUT2D eigenvalue weighted by Gasteiger charge is -2.02. The molecule has 0 saturated heterocycles. The van der Waals surface area contributed by atoms with Gasteiger partial charge in [-0.15, -0.1) is 0 Å². The second-order valence-corrected chi connectivity index (χ2v) is 4.63. The summed E-state index contributed by atoms with van der Waals surface area (Å²) in [7, 11) is 0. The number of H-pyrrole nitrogens is 1. The smallest absolute Gasteiger partial charge is 0.255 e. The zero-order valence-electron chi connectivity index (χ0n) is 11.0. The molecule has 2 heterocycles. The van der Waals surface area contributed by atoms with Crippen LogP contribution in [0.25, 0.3) is 10.9 Å². The summed E-state index contributed by atoms with van der Waals surface area (Å²) in [5.41, 5.74) is 7.11. The lowest BCUT2D eigenvalue weighted by Crippen LogP contribution is -2.18. The van der Waals surface area contributed by atoms with Crippen molar-refractivity contribution < 1.29 is 9.59 Å². The maximum atomic E-state index is 12.2. The molecule has 3 rings (SSSR count). The second kappa shape index (κ2) is 5.12. The van der Waals surface area contributed by atoms with Gasteiger partial charge in [0, 0.05) is 28.9 Å². The Balaban J connectivity index is 1.76. The quantitative estimate of drug-likeness (QED) is 0.667. The first-order chi connectivity index (χ1) is 10.1. The number of amides is 2. The number of hydrogen-bond donors (Lipinski definition) is 3. The van der Waals surface area contributed by atoms with E-state index < -0.39 is 5.91 Å². The monoisotopic (exact) mass is 283 g/mol. The average Bonchev–Trinajstić information content (AvgIpc) is 3.06. The molecule has 4 N–H and O–H groups in total. The van der Waals surface area contributed by atoms with Gasteiger partial charge in [-0.3, -0.25) is 14.3 Å². The van der Waals surface area contributed by atoms with Crippen LogP contribution in [0, 0.1) is 0 Å². The number of nitrogens with one attached hydrogen (secondary N) is 2. The van der Waals surface area contributed by atoms with E-state index in [1.165, 1.54) is 10.9 Å². The van der Waals surface area contributed by atoms with Gasteiger partial charge in [-0.2, -0.15) is 5.10 Å². The van der Waals surface area contributed by atoms with Crippen LogP contribution in [-0.4, -0.2) is 26.6 Å². The second-order valence-electron chi connectivity index (χ2n) is 4.63. The molecule has 0 fully saturated rings. The molecule has 2 aromatic heterocycles. The maximum absolute atomic E-state index is 12.2. The molecule has 0 saturated carbocycles. The van der Waals surface area contributed by atoms with Crippen molar-refractivity contribution in [3.63, 3.8) is 0 Å². The topological polar surface area (TPSA) is 106 Å². The van der Waals surface area contributed by atoms with Crippen molar-refractivity contribution in [2.75, 3.05) is 5.32 Å². The van der Waals surface area contributed by atoms with Gasteiger partial charge in [-0.1, -0.05) is 0 Å². The van der Waals surface area contributed by atoms with Gasteiger partial charge < -0.3 is 16.0 Å². The van der Waals surface area contributed by atoms with Crippen molar-refractivity contribution in [1.29, 1.82) is 0 Å². The Kier molecular flexibility index (Phi) is 3.15. The van der Waals surface area contributed by atoms with Crippen molar-refractivity contribution in [3.05, 3.63) is 48.4 Å². The third kappa shape index (κ3) is 2.76. The number of hydrogen-bond acceptors (Lipinski definition) is 3. The highest BCUT2D eigenvalue weighted by molar-refractivity contribution is 6.06. The Morgan fingerprint density at radius 1 is 1.33 bits per heavy atom. The van der Waals surface area contributed by atoms with Gasteiger partial charge in [0.1, 0.15) is 6.54 Å². The van der Waals surface area contributed by atoms with Gasteiger partial charge in [0.2, 0.25) is 5.91 Å². The van der Waals surface area contributed by atoms with Crippen LogP contribution in [-0.2, 0) is 11.3 Å². The first kappa shape index (κ1) is 12.9. The molecular weight excluding hydrogens is 270 g/mol. The molecule has 7 nitrogen and oxygen atoms in total. The highest BCUT2D eigenvalue weighted by Gasteiger charge is 2.09. The number of nitrogens with two attached hydrogens (primary N) is 1. The van der Waals surface area contributed by atoms with Crippen molar-refractivity contribution >= 4 is 28.4 Å². The highest BCUT2D eigenvalue weighted by Crippen LogP contribution is 2.15. The number of carbonyl (C=O) groups is 2. The van der Waals surface area contributed by atoms with E-state index in [1.54, 1.807) is 18.3 Å². The van der Waals surface area contributed by atoms with Crippen molar-refractivity contribution in [1.82, 2.24) is 14.8 Å². The normalized spacial score (nSPS) is 10.7. The standard InChI is InChI=1S/C14H13N5O2/c15-13(20)8-19-7-11(6-17-19)18-14(21)10-1-2-12-9(5-10)3-4-16-12/h1-7,16H,8H2,(H2,15,20)(H,18,21). The van der Waals surface area contributed by atoms with Crippen LogP contribution < -0.4 is 11.1 Å². The van der Waals surface area contributed by atoms with Crippen molar-refractivity contribution in [2.45, 2.75) is 6.54 Å². The zero-order valence-corrected chi connectivity index (χ0v) is 11.0. The van der Waals surface area contributed by atoms with E-state index in [1.807, 2.05) is 18.3 Å². The Bertz CT molecular complexity index is 818. The molecular formula is C14H13N5O2. The molecule has 0 spiro atoms. The predicted octanol–water partition coefficient (Wildman–Crippen LogP) is 1.10. The highest BCUT2D eigenvalue weighted by atomic mass is 16.2. The molecule has 0 aliphatic rings. The molecule has 0 bridgehead atoms. The summed E-state index contributed by atoms with van der Waals surface area (Å²) in [6.07, 6.45) is 4.84. The number of anilines is 1. The number of nitrogens with zero attached hydrogens (tertiary/aromatic N) is 2. The summed E-state index contributed by atoms with van der Waals surface area (Å²) in [4.78, 5) is 26.0. The molecule has 21 heavy (non-hydrogen) atoms. The van der Waals surface area contributed by atoms with Crippen LogP contribution >= 0.6 is 0 Å². The molecule has 1 aromatic carbocycles. The minimum Gasteiger partial charge on any atom is -0.368 e. The van der Waals surface area contributed by atoms with Gasteiger partial charge in [-0.05, 0) is 24.3 Å². The number of benzene rings is 1. The molecule has 0 atom stereocenters. The van der Waals surface area contributed by atoms with Crippen LogP contribution in [0.2, 0.25) is 0 Å². The predicted molar refractivity (Wildman–Crippen MR) is 77.7 cm³/mol. The summed E-state index contributed by atoms with van der Waals surface area (Å²) in [5, 5.41) is 7.63. The number of aromatic nitrogens is 3. The summed E-state index contributed by atoms with van der Waals surface area (Å²) in [6.45, 7) is -0.0226. The molecule has 0 aliphatic carbocycles. The minimum absolute atomic E-state index is 0.0226. The van der Waals surface area contributed by atoms with E-state index in [0.29, 0.717) is 11.3 Å². The molecule has 2 amide bonds. The zero-order chi connectivity index (χ0) is 14.8. The number of carbonyl (C=O) groups excluding carboxylic acids is 2. The largest absolute Gasteiger partial charge is 0.368 e. The Labute approximate surface area is 119 Å². The fourth-order valence-corrected chi connectivity index (χ4v) is 2.07. The minimum atomic E-state index is -0.492. The van der Waals surface area contributed by atoms with Crippen LogP contribution in [0.3, 0.4) is 0 Å². The Morgan fingerprint density at radius 3 is 3.00 bits per heavy atom. The average molecular weight is 283 g/mol. The fraction of sp³-hybridized carbons (Fsp3) is 0.0714. The lowest BCUT2D eigenvalue weighted by molar-refractivity contribution is -0.118. The van der Waals surface area contributed by atoms with Crippen LogP contribution in [0.5, 0.6) is 0 Å². The van der Waals surface area contributed by atoms with Crippen LogP contribution in [0.4, 0.5) is 5.69 Å². The fourth-order valence-electron chi connectivity index (χ4n) is 2.07. The molecule has 3 aromatic rings. The van der Waals surface area contributed by atoms with Crippen molar-refractivity contribution in [2.24, 2.45) is 5.73 Å². The van der Waals surface area contributed by atoms with Gasteiger partial charge >= 0.3 is 0 Å². The number of fused-ring (bicyclic) bond motifs is 1. The summed E-state index contributed by atoms with van der Waals surface area (Å²) < 4.78 is 1.37. The summed E-state index contributed by atoms with van der Waals surface area (Å²) in [6, 6.07) is 7.29. The van der Waals surface area contributed by atoms with E-state index in [9.17, 15) is 9.59 Å². The third-order valence-corrected chi connectivity index (χ3v) is 3.02. The molecule has 106 valence electrons. The summed E-state index contributed by atoms with van der Waals surface area (Å²) >= 11 is 0. The number of primary amides is 1. The van der Waals surface area contributed by atoms with E-state index in [-0.39, 0.29) is 12.5 Å². The van der Waals surface area contributed by atoms with Crippen LogP contribution in [0.1, 0.15) is 10.4 Å². The maximum Gasteiger partial charge on any atom is 0.255 e. The van der Waals surface area contributed by atoms with Crippen LogP contribution in [0.15, 0.2) is 42.9 Å². The SMILES string of the molecule is NC(=O)Cn1cc(NC(=O)c2ccc3[nH]ccc3c2)cn1. The van der Waals surface area contributed by atoms with E-state index in [4.69, 9.17) is 5.73 Å². The van der Waals surface area contributed by atoms with E-state index in [0.717, 1.165) is 10.9 Å². The molecule has 7 heteroatoms. The first-order valence-corrected chi connectivity index (χ1v) is 6.31. The van der Waals surface area contributed by atoms with Crippen molar-refractivity contribution in [3.8, 4) is 0 Å².